The largest absolute Gasteiger partial charge is 0.479 e. The van der Waals surface area contributed by atoms with Gasteiger partial charge >= 0.3 is 0 Å². The number of carbonyl (C=O) groups excluding carboxylic acids is 1. The van der Waals surface area contributed by atoms with Gasteiger partial charge < -0.3 is 15.4 Å². The van der Waals surface area contributed by atoms with Gasteiger partial charge in [-0.25, -0.2) is 0 Å². The smallest absolute Gasteiger partial charge is 0.241 e. The van der Waals surface area contributed by atoms with Crippen molar-refractivity contribution < 1.29 is 9.53 Å². The fraction of sp³-hybridized carbons (Fsp3) is 0.333. The Labute approximate surface area is 100 Å². The summed E-state index contributed by atoms with van der Waals surface area (Å²) in [6, 6.07) is 8.55. The normalized spacial score (nSPS) is 11.4. The summed E-state index contributed by atoms with van der Waals surface area (Å²) in [4.78, 5) is 11.6. The molecule has 0 aliphatic heterocycles. The van der Waals surface area contributed by atoms with Gasteiger partial charge in [-0.1, -0.05) is 6.07 Å². The molecule has 1 aromatic rings. The van der Waals surface area contributed by atoms with Crippen molar-refractivity contribution in [3.8, 4) is 11.8 Å². The summed E-state index contributed by atoms with van der Waals surface area (Å²) >= 11 is 0. The van der Waals surface area contributed by atoms with Gasteiger partial charge in [0.2, 0.25) is 5.91 Å². The van der Waals surface area contributed by atoms with Crippen LogP contribution >= 0.6 is 0 Å². The van der Waals surface area contributed by atoms with Gasteiger partial charge in [0.1, 0.15) is 11.8 Å². The fourth-order valence-corrected chi connectivity index (χ4v) is 1.16. The summed E-state index contributed by atoms with van der Waals surface area (Å²) < 4.78 is 5.14. The molecule has 0 radical (unpaired) electrons. The molecule has 1 atom stereocenters. The monoisotopic (exact) mass is 233 g/mol. The van der Waals surface area contributed by atoms with Crippen LogP contribution in [0.2, 0.25) is 0 Å². The Morgan fingerprint density at radius 1 is 1.59 bits per heavy atom. The SMILES string of the molecule is CNC(C)C(=O)Nc1cccc(OCC#N)c1. The second kappa shape index (κ2) is 6.51. The van der Waals surface area contributed by atoms with Crippen LogP contribution in [0.1, 0.15) is 6.92 Å². The number of nitrogens with one attached hydrogen (secondary N) is 2. The molecule has 0 saturated heterocycles. The lowest BCUT2D eigenvalue weighted by atomic mass is 10.2. The molecule has 0 aliphatic rings. The van der Waals surface area contributed by atoms with Gasteiger partial charge in [0.25, 0.3) is 0 Å². The van der Waals surface area contributed by atoms with E-state index in [-0.39, 0.29) is 18.6 Å². The van der Waals surface area contributed by atoms with Crippen molar-refractivity contribution in [1.29, 1.82) is 5.26 Å². The van der Waals surface area contributed by atoms with Crippen molar-refractivity contribution in [1.82, 2.24) is 5.32 Å². The molecule has 0 spiro atoms. The number of nitrogens with zero attached hydrogens (tertiary/aromatic N) is 1. The van der Waals surface area contributed by atoms with Crippen LogP contribution in [-0.4, -0.2) is 25.6 Å². The Morgan fingerprint density at radius 3 is 3.00 bits per heavy atom. The number of benzene rings is 1. The van der Waals surface area contributed by atoms with Gasteiger partial charge in [-0.05, 0) is 26.1 Å². The average Bonchev–Trinajstić information content (AvgIpc) is 2.35. The van der Waals surface area contributed by atoms with Crippen molar-refractivity contribution in [2.45, 2.75) is 13.0 Å². The second-order valence-corrected chi connectivity index (χ2v) is 3.47. The van der Waals surface area contributed by atoms with Crippen LogP contribution in [0.15, 0.2) is 24.3 Å². The van der Waals surface area contributed by atoms with E-state index >= 15 is 0 Å². The first-order valence-corrected chi connectivity index (χ1v) is 5.25. The van der Waals surface area contributed by atoms with Crippen LogP contribution in [0.3, 0.4) is 0 Å². The van der Waals surface area contributed by atoms with E-state index in [2.05, 4.69) is 10.6 Å². The van der Waals surface area contributed by atoms with Gasteiger partial charge in [0, 0.05) is 11.8 Å². The third-order valence-electron chi connectivity index (χ3n) is 2.23. The van der Waals surface area contributed by atoms with E-state index in [1.807, 2.05) is 6.07 Å². The summed E-state index contributed by atoms with van der Waals surface area (Å²) in [5.74, 6) is 0.436. The molecule has 1 unspecified atom stereocenters. The molecular formula is C12H15N3O2. The molecule has 17 heavy (non-hydrogen) atoms. The molecule has 1 amide bonds. The Balaban J connectivity index is 2.66. The zero-order valence-corrected chi connectivity index (χ0v) is 9.86. The zero-order chi connectivity index (χ0) is 12.7. The molecule has 2 N–H and O–H groups in total. The van der Waals surface area contributed by atoms with Crippen LogP contribution in [-0.2, 0) is 4.79 Å². The van der Waals surface area contributed by atoms with Crippen LogP contribution < -0.4 is 15.4 Å². The van der Waals surface area contributed by atoms with Crippen LogP contribution in [0.4, 0.5) is 5.69 Å². The summed E-state index contributed by atoms with van der Waals surface area (Å²) in [7, 11) is 1.72. The number of hydrogen-bond acceptors (Lipinski definition) is 4. The van der Waals surface area contributed by atoms with E-state index in [0.717, 1.165) is 0 Å². The highest BCUT2D eigenvalue weighted by Gasteiger charge is 2.10. The molecule has 0 aliphatic carbocycles. The molecule has 5 nitrogen and oxygen atoms in total. The van der Waals surface area contributed by atoms with E-state index in [9.17, 15) is 4.79 Å². The van der Waals surface area contributed by atoms with E-state index < -0.39 is 0 Å². The average molecular weight is 233 g/mol. The van der Waals surface area contributed by atoms with Crippen molar-refractivity contribution in [3.63, 3.8) is 0 Å². The number of carbonyl (C=O) groups is 1. The minimum atomic E-state index is -0.265. The minimum absolute atomic E-state index is 0.00961. The third-order valence-corrected chi connectivity index (χ3v) is 2.23. The number of nitriles is 1. The van der Waals surface area contributed by atoms with Gasteiger partial charge in [0.15, 0.2) is 6.61 Å². The van der Waals surface area contributed by atoms with Gasteiger partial charge in [-0.3, -0.25) is 4.79 Å². The topological polar surface area (TPSA) is 74.2 Å². The summed E-state index contributed by atoms with van der Waals surface area (Å²) in [5, 5.41) is 14.0. The number of rotatable bonds is 5. The highest BCUT2D eigenvalue weighted by molar-refractivity contribution is 5.94. The first kappa shape index (κ1) is 13.0. The Kier molecular flexibility index (Phi) is 4.98. The number of amides is 1. The predicted molar refractivity (Wildman–Crippen MR) is 64.7 cm³/mol. The molecule has 0 saturated carbocycles. The van der Waals surface area contributed by atoms with Crippen molar-refractivity contribution in [2.24, 2.45) is 0 Å². The Hall–Kier alpha value is -2.06. The van der Waals surface area contributed by atoms with E-state index in [1.54, 1.807) is 38.2 Å². The van der Waals surface area contributed by atoms with E-state index in [0.29, 0.717) is 11.4 Å². The zero-order valence-electron chi connectivity index (χ0n) is 9.86. The lowest BCUT2D eigenvalue weighted by Crippen LogP contribution is -2.35. The number of anilines is 1. The fourth-order valence-electron chi connectivity index (χ4n) is 1.16. The van der Waals surface area contributed by atoms with Crippen LogP contribution in [0, 0.1) is 11.3 Å². The standard InChI is InChI=1S/C12H15N3O2/c1-9(14-2)12(16)15-10-4-3-5-11(8-10)17-7-6-13/h3-5,8-9,14H,7H2,1-2H3,(H,15,16). The molecule has 0 fully saturated rings. The van der Waals surface area contributed by atoms with Gasteiger partial charge in [0.05, 0.1) is 6.04 Å². The quantitative estimate of drug-likeness (QED) is 0.799. The first-order valence-electron chi connectivity index (χ1n) is 5.25. The predicted octanol–water partition coefficient (Wildman–Crippen LogP) is 1.14. The number of hydrogen-bond donors (Lipinski definition) is 2. The lowest BCUT2D eigenvalue weighted by molar-refractivity contribution is -0.117. The molecule has 0 heterocycles. The van der Waals surface area contributed by atoms with Crippen LogP contribution in [0.25, 0.3) is 0 Å². The summed E-state index contributed by atoms with van der Waals surface area (Å²) in [6.45, 7) is 1.76. The Morgan fingerprint density at radius 2 is 2.35 bits per heavy atom. The molecule has 90 valence electrons. The molecule has 0 bridgehead atoms. The number of likely N-dealkylation sites (N-methyl/N-ethyl adjacent to an activating group) is 1. The van der Waals surface area contributed by atoms with Gasteiger partial charge in [-0.2, -0.15) is 5.26 Å². The van der Waals surface area contributed by atoms with Gasteiger partial charge in [-0.15, -0.1) is 0 Å². The highest BCUT2D eigenvalue weighted by Crippen LogP contribution is 2.17. The second-order valence-electron chi connectivity index (χ2n) is 3.47. The lowest BCUT2D eigenvalue weighted by Gasteiger charge is -2.11. The minimum Gasteiger partial charge on any atom is -0.479 e. The first-order chi connectivity index (χ1) is 8.17. The third kappa shape index (κ3) is 4.13. The van der Waals surface area contributed by atoms with E-state index in [4.69, 9.17) is 10.00 Å². The summed E-state index contributed by atoms with van der Waals surface area (Å²) in [6.07, 6.45) is 0. The molecular weight excluding hydrogens is 218 g/mol. The van der Waals surface area contributed by atoms with Crippen LogP contribution in [0.5, 0.6) is 5.75 Å². The Bertz CT molecular complexity index is 426. The molecule has 0 aromatic heterocycles. The van der Waals surface area contributed by atoms with Crippen molar-refractivity contribution >= 4 is 11.6 Å². The van der Waals surface area contributed by atoms with Crippen molar-refractivity contribution in [3.05, 3.63) is 24.3 Å². The number of ether oxygens (including phenoxy) is 1. The maximum Gasteiger partial charge on any atom is 0.241 e. The summed E-state index contributed by atoms with van der Waals surface area (Å²) in [5.41, 5.74) is 0.646. The highest BCUT2D eigenvalue weighted by atomic mass is 16.5. The molecule has 5 heteroatoms. The molecule has 1 aromatic carbocycles. The van der Waals surface area contributed by atoms with Crippen molar-refractivity contribution in [2.75, 3.05) is 19.0 Å². The maximum absolute atomic E-state index is 11.6. The maximum atomic E-state index is 11.6. The molecule has 1 rings (SSSR count). The van der Waals surface area contributed by atoms with E-state index in [1.165, 1.54) is 0 Å².